The van der Waals surface area contributed by atoms with E-state index >= 15 is 0 Å². The molecule has 5 fully saturated rings. The monoisotopic (exact) mass is 404 g/mol. The summed E-state index contributed by atoms with van der Waals surface area (Å²) in [6.07, 6.45) is 10.00. The first-order valence-electron chi connectivity index (χ1n) is 11.1. The molecule has 0 bridgehead atoms. The summed E-state index contributed by atoms with van der Waals surface area (Å²) < 4.78 is 5.26. The van der Waals surface area contributed by atoms with Crippen LogP contribution < -0.4 is 5.32 Å². The second-order valence-corrected chi connectivity index (χ2v) is 9.63. The molecule has 6 rings (SSSR count). The number of amides is 1. The van der Waals surface area contributed by atoms with E-state index in [9.17, 15) is 4.79 Å². The summed E-state index contributed by atoms with van der Waals surface area (Å²) in [5, 5.41) is 7.08. The van der Waals surface area contributed by atoms with Gasteiger partial charge in [-0.15, -0.1) is 0 Å². The molecule has 1 saturated carbocycles. The number of nitrogens with one attached hydrogen (secondary N) is 1. The number of rotatable bonds is 5. The number of carbonyl (C=O) groups excluding carboxylic acids is 1. The van der Waals surface area contributed by atoms with E-state index in [4.69, 9.17) is 4.52 Å². The number of likely N-dealkylation sites (tertiary alicyclic amines) is 1. The Morgan fingerprint density at radius 2 is 1.82 bits per heavy atom. The molecule has 6 nitrogen and oxygen atoms in total. The molecular weight excluding hydrogens is 372 g/mol. The van der Waals surface area contributed by atoms with E-state index in [-0.39, 0.29) is 5.91 Å². The van der Waals surface area contributed by atoms with Gasteiger partial charge in [0.25, 0.3) is 5.91 Å². The Morgan fingerprint density at radius 3 is 2.43 bits per heavy atom. The van der Waals surface area contributed by atoms with Gasteiger partial charge in [0.2, 0.25) is 0 Å². The minimum atomic E-state index is -0.0608. The van der Waals surface area contributed by atoms with Crippen LogP contribution in [0.5, 0.6) is 0 Å². The molecule has 5 heterocycles. The molecule has 0 aromatic carbocycles. The number of hydrogen-bond donors (Lipinski definition) is 2. The Morgan fingerprint density at radius 1 is 1.14 bits per heavy atom. The van der Waals surface area contributed by atoms with Crippen molar-refractivity contribution in [2.24, 2.45) is 0 Å². The second kappa shape index (κ2) is 8.00. The van der Waals surface area contributed by atoms with Gasteiger partial charge in [-0.1, -0.05) is 5.16 Å². The number of nitrogens with zero attached hydrogens (tertiary/aromatic N) is 3. The first kappa shape index (κ1) is 18.9. The van der Waals surface area contributed by atoms with E-state index in [1.54, 1.807) is 0 Å². The van der Waals surface area contributed by atoms with Crippen molar-refractivity contribution < 1.29 is 9.32 Å². The Hall–Kier alpha value is -1.05. The van der Waals surface area contributed by atoms with Gasteiger partial charge in [-0.3, -0.25) is 9.69 Å². The fraction of sp³-hybridized carbons (Fsp3) is 0.810. The molecule has 2 atom stereocenters. The van der Waals surface area contributed by atoms with Crippen LogP contribution in [0, 0.1) is 0 Å². The lowest BCUT2D eigenvalue weighted by Gasteiger charge is -2.66. The molecule has 4 saturated heterocycles. The highest BCUT2D eigenvalue weighted by molar-refractivity contribution is 7.80. The fourth-order valence-corrected chi connectivity index (χ4v) is 5.78. The molecule has 2 unspecified atom stereocenters. The second-order valence-electron chi connectivity index (χ2n) is 9.18. The third kappa shape index (κ3) is 3.85. The lowest BCUT2D eigenvalue weighted by atomic mass is 9.68. The highest BCUT2D eigenvalue weighted by Crippen LogP contribution is 2.48. The van der Waals surface area contributed by atoms with E-state index < -0.39 is 0 Å². The van der Waals surface area contributed by atoms with Crippen LogP contribution in [0.1, 0.15) is 73.5 Å². The van der Waals surface area contributed by atoms with Gasteiger partial charge in [-0.25, -0.2) is 0 Å². The molecule has 1 aromatic rings. The van der Waals surface area contributed by atoms with Crippen LogP contribution in [0.15, 0.2) is 10.6 Å². The predicted octanol–water partition coefficient (Wildman–Crippen LogP) is 2.67. The van der Waals surface area contributed by atoms with Crippen molar-refractivity contribution >= 4 is 18.5 Å². The Bertz CT molecular complexity index is 684. The Labute approximate surface area is 172 Å². The van der Waals surface area contributed by atoms with Crippen LogP contribution in [0.4, 0.5) is 0 Å². The van der Waals surface area contributed by atoms with Crippen LogP contribution in [0.3, 0.4) is 0 Å². The maximum atomic E-state index is 12.2. The molecular formula is C21H32N4O2S. The van der Waals surface area contributed by atoms with E-state index in [1.165, 1.54) is 58.2 Å². The zero-order valence-electron chi connectivity index (χ0n) is 16.6. The third-order valence-electron chi connectivity index (χ3n) is 7.16. The lowest BCUT2D eigenvalue weighted by Crippen LogP contribution is -2.74. The number of aromatic nitrogens is 1. The van der Waals surface area contributed by atoms with Crippen molar-refractivity contribution in [3.8, 4) is 0 Å². The smallest absolute Gasteiger partial charge is 0.273 e. The maximum absolute atomic E-state index is 12.2. The number of carbonyl (C=O) groups is 1. The lowest BCUT2D eigenvalue weighted by molar-refractivity contribution is -0.150. The van der Waals surface area contributed by atoms with Crippen molar-refractivity contribution in [3.05, 3.63) is 17.5 Å². The van der Waals surface area contributed by atoms with Gasteiger partial charge in [-0.2, -0.15) is 12.6 Å². The summed E-state index contributed by atoms with van der Waals surface area (Å²) in [7, 11) is 0. The summed E-state index contributed by atoms with van der Waals surface area (Å²) in [6.45, 7) is 3.80. The number of thiol groups is 1. The van der Waals surface area contributed by atoms with E-state index in [1.807, 2.05) is 6.07 Å². The van der Waals surface area contributed by atoms with Gasteiger partial charge in [0, 0.05) is 48.4 Å². The zero-order chi connectivity index (χ0) is 19.1. The van der Waals surface area contributed by atoms with Crippen LogP contribution in [-0.2, 0) is 0 Å². The molecule has 0 radical (unpaired) electrons. The van der Waals surface area contributed by atoms with Crippen molar-refractivity contribution in [1.29, 1.82) is 0 Å². The Kier molecular flexibility index (Phi) is 5.41. The summed E-state index contributed by atoms with van der Waals surface area (Å²) >= 11 is 4.15. The summed E-state index contributed by atoms with van der Waals surface area (Å²) in [4.78, 5) is 17.4. The first-order chi connectivity index (χ1) is 13.7. The predicted molar refractivity (Wildman–Crippen MR) is 111 cm³/mol. The highest BCUT2D eigenvalue weighted by Gasteiger charge is 2.55. The summed E-state index contributed by atoms with van der Waals surface area (Å²) in [5.41, 5.74) is 0.453. The van der Waals surface area contributed by atoms with Crippen LogP contribution >= 0.6 is 12.6 Å². The van der Waals surface area contributed by atoms with Crippen LogP contribution in [-0.4, -0.2) is 70.4 Å². The van der Waals surface area contributed by atoms with E-state index in [0.29, 0.717) is 17.7 Å². The van der Waals surface area contributed by atoms with Gasteiger partial charge in [0.15, 0.2) is 5.69 Å². The minimum absolute atomic E-state index is 0.0608. The minimum Gasteiger partial charge on any atom is -0.360 e. The van der Waals surface area contributed by atoms with Gasteiger partial charge in [0.05, 0.1) is 0 Å². The highest BCUT2D eigenvalue weighted by atomic mass is 32.1. The van der Waals surface area contributed by atoms with Gasteiger partial charge in [0.1, 0.15) is 5.76 Å². The van der Waals surface area contributed by atoms with Crippen molar-refractivity contribution in [2.75, 3.05) is 25.4 Å². The van der Waals surface area contributed by atoms with Gasteiger partial charge in [-0.05, 0) is 64.5 Å². The molecule has 4 aliphatic heterocycles. The Balaban J connectivity index is 0.000000181. The quantitative estimate of drug-likeness (QED) is 0.739. The third-order valence-corrected chi connectivity index (χ3v) is 7.36. The van der Waals surface area contributed by atoms with Crippen molar-refractivity contribution in [2.45, 2.75) is 81.5 Å². The molecule has 28 heavy (non-hydrogen) atoms. The zero-order valence-corrected chi connectivity index (χ0v) is 17.4. The average Bonchev–Trinajstić information content (AvgIpc) is 3.15. The SMILES string of the molecule is O=C(NC1CC2CC3CC(C1)N23)c1cc(C2CC2)on1.SCCN1CCCC1. The molecule has 0 spiro atoms. The first-order valence-corrected chi connectivity index (χ1v) is 11.7. The molecule has 1 amide bonds. The van der Waals surface area contributed by atoms with Crippen molar-refractivity contribution in [1.82, 2.24) is 20.3 Å². The largest absolute Gasteiger partial charge is 0.360 e. The topological polar surface area (TPSA) is 61.6 Å². The number of hydrogen-bond acceptors (Lipinski definition) is 6. The molecule has 7 heteroatoms. The standard InChI is InChI=1S/C15H19N3O2.C6H13NS/c19-15(13-7-14(20-17-13)8-1-2-8)16-9-3-10-5-12-6-11(4-9)18(10)12;8-6-5-7-3-1-2-4-7/h7-12H,1-6H2,(H,16,19);8H,1-6H2. The maximum Gasteiger partial charge on any atom is 0.273 e. The van der Waals surface area contributed by atoms with E-state index in [0.717, 1.165) is 42.5 Å². The number of piperidine rings is 2. The molecule has 5 aliphatic rings. The van der Waals surface area contributed by atoms with Gasteiger partial charge < -0.3 is 14.7 Å². The van der Waals surface area contributed by atoms with E-state index in [2.05, 4.69) is 32.9 Å². The average molecular weight is 405 g/mol. The molecule has 1 aliphatic carbocycles. The summed E-state index contributed by atoms with van der Waals surface area (Å²) in [5.74, 6) is 2.34. The van der Waals surface area contributed by atoms with Crippen LogP contribution in [0.25, 0.3) is 0 Å². The molecule has 1 aromatic heterocycles. The summed E-state index contributed by atoms with van der Waals surface area (Å²) in [6, 6.07) is 4.45. The van der Waals surface area contributed by atoms with Crippen molar-refractivity contribution in [3.63, 3.8) is 0 Å². The molecule has 154 valence electrons. The molecule has 1 N–H and O–H groups in total. The van der Waals surface area contributed by atoms with Gasteiger partial charge >= 0.3 is 0 Å². The van der Waals surface area contributed by atoms with Crippen LogP contribution in [0.2, 0.25) is 0 Å². The fourth-order valence-electron chi connectivity index (χ4n) is 5.50. The normalized spacial score (nSPS) is 33.9.